The summed E-state index contributed by atoms with van der Waals surface area (Å²) in [6.07, 6.45) is 7.48. The van der Waals surface area contributed by atoms with Crippen LogP contribution in [0.1, 0.15) is 113 Å². The van der Waals surface area contributed by atoms with Gasteiger partial charge >= 0.3 is 6.18 Å². The van der Waals surface area contributed by atoms with Crippen molar-refractivity contribution in [3.63, 3.8) is 0 Å². The van der Waals surface area contributed by atoms with Gasteiger partial charge in [-0.05, 0) is 133 Å². The van der Waals surface area contributed by atoms with Crippen LogP contribution in [0.25, 0.3) is 0 Å². The summed E-state index contributed by atoms with van der Waals surface area (Å²) in [5.41, 5.74) is 2.56. The lowest BCUT2D eigenvalue weighted by atomic mass is 9.86. The predicted molar refractivity (Wildman–Crippen MR) is 185 cm³/mol. The molecule has 11 heteroatoms. The predicted octanol–water partition coefficient (Wildman–Crippen LogP) is 7.62. The van der Waals surface area contributed by atoms with Crippen molar-refractivity contribution in [1.82, 2.24) is 24.7 Å². The molecular formula is C37H54F3N7O. The van der Waals surface area contributed by atoms with Gasteiger partial charge in [-0.25, -0.2) is 4.98 Å². The summed E-state index contributed by atoms with van der Waals surface area (Å²) >= 11 is 0. The van der Waals surface area contributed by atoms with Crippen molar-refractivity contribution in [2.24, 2.45) is 5.92 Å². The molecule has 2 N–H and O–H groups in total. The number of benzene rings is 1. The fourth-order valence-corrected chi connectivity index (χ4v) is 8.18. The molecule has 2 atom stereocenters. The first kappa shape index (κ1) is 34.9. The molecule has 264 valence electrons. The molecule has 1 aromatic heterocycles. The minimum atomic E-state index is -4.59. The highest BCUT2D eigenvalue weighted by Crippen LogP contribution is 2.46. The van der Waals surface area contributed by atoms with Crippen LogP contribution >= 0.6 is 0 Å². The van der Waals surface area contributed by atoms with E-state index in [4.69, 9.17) is 0 Å². The van der Waals surface area contributed by atoms with Crippen LogP contribution in [-0.4, -0.2) is 89.0 Å². The lowest BCUT2D eigenvalue weighted by Gasteiger charge is -2.41. The summed E-state index contributed by atoms with van der Waals surface area (Å²) in [6, 6.07) is 7.49. The van der Waals surface area contributed by atoms with Gasteiger partial charge in [-0.2, -0.15) is 18.2 Å². The number of carbonyl (C=O) groups excluding carboxylic acids is 1. The Morgan fingerprint density at radius 2 is 1.67 bits per heavy atom. The van der Waals surface area contributed by atoms with Crippen LogP contribution in [-0.2, 0) is 11.0 Å². The molecule has 4 fully saturated rings. The highest BCUT2D eigenvalue weighted by atomic mass is 19.4. The molecule has 0 bridgehead atoms. The molecule has 6 rings (SSSR count). The number of carbonyl (C=O) groups is 1. The first-order chi connectivity index (χ1) is 23.1. The van der Waals surface area contributed by atoms with Gasteiger partial charge in [-0.15, -0.1) is 0 Å². The summed E-state index contributed by atoms with van der Waals surface area (Å²) < 4.78 is 42.0. The lowest BCUT2D eigenvalue weighted by Crippen LogP contribution is -2.48. The van der Waals surface area contributed by atoms with Crippen molar-refractivity contribution in [2.75, 3.05) is 56.9 Å². The lowest BCUT2D eigenvalue weighted by molar-refractivity contribution is -0.142. The minimum absolute atomic E-state index is 0.0460. The fraction of sp³-hybridized carbons (Fsp3) is 0.703. The molecule has 0 radical (unpaired) electrons. The molecule has 4 aliphatic rings. The zero-order chi connectivity index (χ0) is 33.8. The summed E-state index contributed by atoms with van der Waals surface area (Å²) in [5.74, 6) is 1.12. The molecule has 3 saturated heterocycles. The van der Waals surface area contributed by atoms with E-state index in [2.05, 4.69) is 62.6 Å². The SMILES string of the molecule is CCC1CCC(CC)N(CCCNc2nc(Nc3ccc(C4CCN(C5CCN(C)CC5)CC4)cc3C3CC3)ncc2C(F)(F)F)C1=O. The van der Waals surface area contributed by atoms with Crippen molar-refractivity contribution < 1.29 is 18.0 Å². The smallest absolute Gasteiger partial charge is 0.369 e. The second kappa shape index (κ2) is 15.3. The average molecular weight is 670 g/mol. The number of nitrogens with one attached hydrogen (secondary N) is 2. The molecule has 2 unspecified atom stereocenters. The molecule has 1 aliphatic carbocycles. The van der Waals surface area contributed by atoms with Crippen LogP contribution in [0.15, 0.2) is 24.4 Å². The molecule has 0 spiro atoms. The second-order valence-electron chi connectivity index (χ2n) is 14.6. The first-order valence-electron chi connectivity index (χ1n) is 18.5. The number of alkyl halides is 3. The van der Waals surface area contributed by atoms with Gasteiger partial charge in [0.15, 0.2) is 0 Å². The van der Waals surface area contributed by atoms with Crippen LogP contribution in [0.5, 0.6) is 0 Å². The summed E-state index contributed by atoms with van der Waals surface area (Å²) in [7, 11) is 2.21. The third kappa shape index (κ3) is 8.26. The Morgan fingerprint density at radius 1 is 0.917 bits per heavy atom. The highest BCUT2D eigenvalue weighted by Gasteiger charge is 2.36. The van der Waals surface area contributed by atoms with E-state index in [1.54, 1.807) is 0 Å². The van der Waals surface area contributed by atoms with Crippen molar-refractivity contribution in [3.05, 3.63) is 41.1 Å². The molecule has 2 aromatic rings. The monoisotopic (exact) mass is 669 g/mol. The third-order valence-corrected chi connectivity index (χ3v) is 11.4. The average Bonchev–Trinajstić information content (AvgIpc) is 3.93. The number of piperidine rings is 3. The normalized spacial score (nSPS) is 23.9. The van der Waals surface area contributed by atoms with E-state index in [-0.39, 0.29) is 36.2 Å². The van der Waals surface area contributed by atoms with Crippen LogP contribution in [0, 0.1) is 5.92 Å². The zero-order valence-corrected chi connectivity index (χ0v) is 29.0. The third-order valence-electron chi connectivity index (χ3n) is 11.4. The van der Waals surface area contributed by atoms with Gasteiger partial charge in [0.1, 0.15) is 11.4 Å². The van der Waals surface area contributed by atoms with Crippen molar-refractivity contribution in [1.29, 1.82) is 0 Å². The first-order valence-corrected chi connectivity index (χ1v) is 18.5. The quantitative estimate of drug-likeness (QED) is 0.225. The second-order valence-corrected chi connectivity index (χ2v) is 14.6. The number of hydrogen-bond donors (Lipinski definition) is 2. The Morgan fingerprint density at radius 3 is 2.33 bits per heavy atom. The summed E-state index contributed by atoms with van der Waals surface area (Å²) in [5, 5.41) is 6.21. The molecule has 1 saturated carbocycles. The zero-order valence-electron chi connectivity index (χ0n) is 29.0. The van der Waals surface area contributed by atoms with E-state index in [0.717, 1.165) is 76.3 Å². The van der Waals surface area contributed by atoms with Crippen LogP contribution in [0.4, 0.5) is 30.6 Å². The molecule has 1 aromatic carbocycles. The maximum Gasteiger partial charge on any atom is 0.421 e. The van der Waals surface area contributed by atoms with E-state index >= 15 is 0 Å². The summed E-state index contributed by atoms with van der Waals surface area (Å²) in [6.45, 7) is 9.56. The largest absolute Gasteiger partial charge is 0.421 e. The van der Waals surface area contributed by atoms with E-state index in [0.29, 0.717) is 30.8 Å². The van der Waals surface area contributed by atoms with Crippen LogP contribution in [0.2, 0.25) is 0 Å². The number of halogens is 3. The van der Waals surface area contributed by atoms with E-state index in [9.17, 15) is 18.0 Å². The number of amides is 1. The van der Waals surface area contributed by atoms with Crippen molar-refractivity contribution in [2.45, 2.75) is 115 Å². The molecular weight excluding hydrogens is 615 g/mol. The van der Waals surface area contributed by atoms with Crippen LogP contribution in [0.3, 0.4) is 0 Å². The number of aromatic nitrogens is 2. The number of likely N-dealkylation sites (tertiary alicyclic amines) is 3. The summed E-state index contributed by atoms with van der Waals surface area (Å²) in [4.78, 5) is 28.5. The van der Waals surface area contributed by atoms with Gasteiger partial charge in [0.25, 0.3) is 0 Å². The fourth-order valence-electron chi connectivity index (χ4n) is 8.18. The van der Waals surface area contributed by atoms with E-state index < -0.39 is 11.7 Å². The van der Waals surface area contributed by atoms with Gasteiger partial charge in [-0.1, -0.05) is 26.0 Å². The molecule has 3 aliphatic heterocycles. The number of nitrogens with zero attached hydrogens (tertiary/aromatic N) is 5. The van der Waals surface area contributed by atoms with Gasteiger partial charge in [0.2, 0.25) is 11.9 Å². The minimum Gasteiger partial charge on any atom is -0.369 e. The molecule has 1 amide bonds. The Labute approximate surface area is 284 Å². The van der Waals surface area contributed by atoms with Gasteiger partial charge < -0.3 is 25.3 Å². The maximum atomic E-state index is 14.0. The van der Waals surface area contributed by atoms with E-state index in [1.807, 2.05) is 11.8 Å². The number of rotatable bonds is 12. The van der Waals surface area contributed by atoms with E-state index in [1.165, 1.54) is 37.1 Å². The van der Waals surface area contributed by atoms with Crippen molar-refractivity contribution >= 4 is 23.4 Å². The highest BCUT2D eigenvalue weighted by molar-refractivity contribution is 5.80. The molecule has 8 nitrogen and oxygen atoms in total. The van der Waals surface area contributed by atoms with Crippen molar-refractivity contribution in [3.8, 4) is 0 Å². The Hall–Kier alpha value is -2.92. The number of anilines is 3. The Bertz CT molecular complexity index is 1380. The number of hydrogen-bond acceptors (Lipinski definition) is 7. The van der Waals surface area contributed by atoms with Gasteiger partial charge in [0.05, 0.1) is 0 Å². The van der Waals surface area contributed by atoms with Gasteiger partial charge in [0, 0.05) is 43.0 Å². The Kier molecular flexibility index (Phi) is 11.1. The maximum absolute atomic E-state index is 14.0. The Balaban J connectivity index is 1.10. The standard InChI is InChI=1S/C37H54F3N7O/c1-4-25-9-11-29(5-2)47(35(25)48)18-6-17-41-34-32(37(38,39)40)24-42-36(44-34)43-33-12-10-28(23-31(33)27-7-8-27)26-13-21-46(22-14-26)30-15-19-45(3)20-16-30/h10,12,23-27,29-30H,4-9,11,13-22H2,1-3H3,(H2,41,42,43,44). The topological polar surface area (TPSA) is 76.6 Å². The van der Waals surface area contributed by atoms with Gasteiger partial charge in [-0.3, -0.25) is 4.79 Å². The van der Waals surface area contributed by atoms with Crippen LogP contribution < -0.4 is 10.6 Å². The molecule has 48 heavy (non-hydrogen) atoms. The molecule has 4 heterocycles.